The first kappa shape index (κ1) is 16.1. The standard InChI is InChI=1S/C21H17NO4/c1-3-13-8-10-14(11-9-13)15-12-22-16-6-4-5-7-17(16)26-21(24)19(22)18(15)20(23)25-2/h4-12H,3H2,1-2H3. The number of nitrogens with zero attached hydrogens (tertiary/aromatic N) is 1. The Morgan fingerprint density at radius 2 is 1.85 bits per heavy atom. The summed E-state index contributed by atoms with van der Waals surface area (Å²) in [6.07, 6.45) is 2.72. The van der Waals surface area contributed by atoms with Crippen molar-refractivity contribution in [2.24, 2.45) is 0 Å². The van der Waals surface area contributed by atoms with Crippen LogP contribution in [0.5, 0.6) is 0 Å². The first-order valence-electron chi connectivity index (χ1n) is 8.38. The number of esters is 1. The second kappa shape index (κ2) is 6.19. The summed E-state index contributed by atoms with van der Waals surface area (Å²) < 4.78 is 12.1. The van der Waals surface area contributed by atoms with E-state index in [2.05, 4.69) is 6.92 Å². The average Bonchev–Trinajstić information content (AvgIpc) is 3.09. The molecule has 4 rings (SSSR count). The van der Waals surface area contributed by atoms with Gasteiger partial charge in [0, 0.05) is 11.8 Å². The number of aryl methyl sites for hydroxylation is 1. The third-order valence-electron chi connectivity index (χ3n) is 4.59. The summed E-state index contributed by atoms with van der Waals surface area (Å²) in [5.41, 5.74) is 3.69. The summed E-state index contributed by atoms with van der Waals surface area (Å²) in [5.74, 6) is -0.565. The number of ether oxygens (including phenoxy) is 1. The van der Waals surface area contributed by atoms with Crippen LogP contribution in [0.15, 0.2) is 63.9 Å². The van der Waals surface area contributed by atoms with Crippen molar-refractivity contribution in [1.82, 2.24) is 4.40 Å². The van der Waals surface area contributed by atoms with E-state index in [4.69, 9.17) is 9.15 Å². The Balaban J connectivity index is 2.11. The predicted molar refractivity (Wildman–Crippen MR) is 99.6 cm³/mol. The highest BCUT2D eigenvalue weighted by Crippen LogP contribution is 2.30. The minimum atomic E-state index is -0.569. The number of hydrogen-bond donors (Lipinski definition) is 0. The maximum Gasteiger partial charge on any atom is 0.361 e. The average molecular weight is 347 g/mol. The molecular weight excluding hydrogens is 330 g/mol. The fourth-order valence-electron chi connectivity index (χ4n) is 3.23. The van der Waals surface area contributed by atoms with E-state index in [1.807, 2.05) is 36.4 Å². The molecule has 0 aliphatic carbocycles. The van der Waals surface area contributed by atoms with Crippen LogP contribution in [0, 0.1) is 0 Å². The fourth-order valence-corrected chi connectivity index (χ4v) is 3.23. The summed E-state index contributed by atoms with van der Waals surface area (Å²) in [4.78, 5) is 25.1. The lowest BCUT2D eigenvalue weighted by molar-refractivity contribution is 0.0603. The van der Waals surface area contributed by atoms with Gasteiger partial charge >= 0.3 is 11.6 Å². The first-order chi connectivity index (χ1) is 12.6. The van der Waals surface area contributed by atoms with Crippen molar-refractivity contribution in [1.29, 1.82) is 0 Å². The van der Waals surface area contributed by atoms with E-state index in [0.29, 0.717) is 16.7 Å². The van der Waals surface area contributed by atoms with E-state index in [9.17, 15) is 9.59 Å². The van der Waals surface area contributed by atoms with Crippen molar-refractivity contribution >= 4 is 22.6 Å². The van der Waals surface area contributed by atoms with Gasteiger partial charge in [0.2, 0.25) is 0 Å². The van der Waals surface area contributed by atoms with Gasteiger partial charge in [0.05, 0.1) is 12.6 Å². The van der Waals surface area contributed by atoms with Crippen LogP contribution in [0.2, 0.25) is 0 Å². The molecule has 0 unspecified atom stereocenters. The molecule has 2 heterocycles. The Labute approximate surface area is 149 Å². The topological polar surface area (TPSA) is 60.9 Å². The number of rotatable bonds is 3. The van der Waals surface area contributed by atoms with Gasteiger partial charge < -0.3 is 13.6 Å². The second-order valence-electron chi connectivity index (χ2n) is 6.04. The van der Waals surface area contributed by atoms with E-state index in [0.717, 1.165) is 12.0 Å². The van der Waals surface area contributed by atoms with Crippen LogP contribution in [0.1, 0.15) is 22.8 Å². The molecule has 5 nitrogen and oxygen atoms in total. The minimum absolute atomic E-state index is 0.185. The third-order valence-corrected chi connectivity index (χ3v) is 4.59. The Bertz CT molecular complexity index is 1180. The molecule has 0 N–H and O–H groups in total. The lowest BCUT2D eigenvalue weighted by Crippen LogP contribution is -2.10. The maximum absolute atomic E-state index is 12.6. The van der Waals surface area contributed by atoms with Crippen LogP contribution < -0.4 is 5.63 Å². The van der Waals surface area contributed by atoms with Gasteiger partial charge in [0.15, 0.2) is 5.58 Å². The van der Waals surface area contributed by atoms with Crippen molar-refractivity contribution in [3.8, 4) is 11.1 Å². The monoisotopic (exact) mass is 347 g/mol. The van der Waals surface area contributed by atoms with E-state index < -0.39 is 11.6 Å². The highest BCUT2D eigenvalue weighted by Gasteiger charge is 2.24. The Morgan fingerprint density at radius 3 is 2.54 bits per heavy atom. The highest BCUT2D eigenvalue weighted by molar-refractivity contribution is 6.05. The molecule has 130 valence electrons. The summed E-state index contributed by atoms with van der Waals surface area (Å²) in [5, 5.41) is 0. The molecule has 4 aromatic rings. The molecule has 5 heteroatoms. The van der Waals surface area contributed by atoms with Crippen molar-refractivity contribution in [2.75, 3.05) is 7.11 Å². The molecule has 2 aromatic carbocycles. The third kappa shape index (κ3) is 2.40. The van der Waals surface area contributed by atoms with E-state index in [-0.39, 0.29) is 11.1 Å². The largest absolute Gasteiger partial charge is 0.465 e. The Kier molecular flexibility index (Phi) is 3.84. The summed E-state index contributed by atoms with van der Waals surface area (Å²) in [6, 6.07) is 15.1. The number of aromatic nitrogens is 1. The molecule has 0 aliphatic rings. The molecule has 0 radical (unpaired) electrons. The normalized spacial score (nSPS) is 11.2. The molecule has 0 atom stereocenters. The van der Waals surface area contributed by atoms with Crippen LogP contribution >= 0.6 is 0 Å². The SMILES string of the molecule is CCc1ccc(-c2cn3c(c2C(=O)OC)c(=O)oc2ccccc23)cc1. The summed E-state index contributed by atoms with van der Waals surface area (Å²) in [7, 11) is 1.30. The van der Waals surface area contributed by atoms with Crippen molar-refractivity contribution in [3.63, 3.8) is 0 Å². The van der Waals surface area contributed by atoms with Gasteiger partial charge in [-0.25, -0.2) is 9.59 Å². The van der Waals surface area contributed by atoms with Crippen molar-refractivity contribution < 1.29 is 13.9 Å². The molecule has 0 bridgehead atoms. The predicted octanol–water partition coefficient (Wildman–Crippen LogP) is 4.06. The first-order valence-corrected chi connectivity index (χ1v) is 8.38. The van der Waals surface area contributed by atoms with Crippen LogP contribution in [0.3, 0.4) is 0 Å². The highest BCUT2D eigenvalue weighted by atomic mass is 16.5. The number of hydrogen-bond acceptors (Lipinski definition) is 4. The number of para-hydroxylation sites is 2. The van der Waals surface area contributed by atoms with E-state index in [1.54, 1.807) is 22.7 Å². The zero-order valence-corrected chi connectivity index (χ0v) is 14.5. The Hall–Kier alpha value is -3.34. The van der Waals surface area contributed by atoms with Crippen molar-refractivity contribution in [3.05, 3.63) is 76.3 Å². The fraction of sp³-hybridized carbons (Fsp3) is 0.143. The number of methoxy groups -OCH3 is 1. The molecule has 0 aliphatic heterocycles. The zero-order chi connectivity index (χ0) is 18.3. The van der Waals surface area contributed by atoms with Gasteiger partial charge in [0.25, 0.3) is 0 Å². The van der Waals surface area contributed by atoms with Crippen molar-refractivity contribution in [2.45, 2.75) is 13.3 Å². The molecule has 2 aromatic heterocycles. The molecule has 0 spiro atoms. The van der Waals surface area contributed by atoms with Crippen LogP contribution in [0.25, 0.3) is 27.7 Å². The smallest absolute Gasteiger partial charge is 0.361 e. The van der Waals surface area contributed by atoms with Crippen LogP contribution in [0.4, 0.5) is 0 Å². The number of fused-ring (bicyclic) bond motifs is 3. The Morgan fingerprint density at radius 1 is 1.12 bits per heavy atom. The van der Waals surface area contributed by atoms with E-state index in [1.165, 1.54) is 12.7 Å². The second-order valence-corrected chi connectivity index (χ2v) is 6.04. The number of carbonyl (C=O) groups excluding carboxylic acids is 1. The van der Waals surface area contributed by atoms with E-state index >= 15 is 0 Å². The molecular formula is C21H17NO4. The van der Waals surface area contributed by atoms with Gasteiger partial charge in [-0.2, -0.15) is 0 Å². The van der Waals surface area contributed by atoms with Gasteiger partial charge in [-0.1, -0.05) is 43.3 Å². The van der Waals surface area contributed by atoms with Gasteiger partial charge in [-0.3, -0.25) is 0 Å². The minimum Gasteiger partial charge on any atom is -0.465 e. The zero-order valence-electron chi connectivity index (χ0n) is 14.5. The quantitative estimate of drug-likeness (QED) is 0.524. The molecule has 0 fully saturated rings. The summed E-state index contributed by atoms with van der Waals surface area (Å²) in [6.45, 7) is 2.08. The lowest BCUT2D eigenvalue weighted by atomic mass is 10.0. The number of carbonyl (C=O) groups is 1. The number of benzene rings is 2. The van der Waals surface area contributed by atoms with Crippen LogP contribution in [-0.4, -0.2) is 17.5 Å². The van der Waals surface area contributed by atoms with Crippen LogP contribution in [-0.2, 0) is 11.2 Å². The van der Waals surface area contributed by atoms with Gasteiger partial charge in [-0.15, -0.1) is 0 Å². The summed E-state index contributed by atoms with van der Waals surface area (Å²) >= 11 is 0. The lowest BCUT2D eigenvalue weighted by Gasteiger charge is -2.04. The molecule has 0 saturated carbocycles. The maximum atomic E-state index is 12.6. The molecule has 0 saturated heterocycles. The molecule has 26 heavy (non-hydrogen) atoms. The van der Waals surface area contributed by atoms with Gasteiger partial charge in [-0.05, 0) is 29.7 Å². The molecule has 0 amide bonds. The van der Waals surface area contributed by atoms with Gasteiger partial charge in [0.1, 0.15) is 11.1 Å².